The van der Waals surface area contributed by atoms with E-state index in [1.807, 2.05) is 0 Å². The molecule has 4 unspecified atom stereocenters. The molecule has 2 amide bonds. The number of rotatable bonds is 3. The van der Waals surface area contributed by atoms with Crippen molar-refractivity contribution in [2.24, 2.45) is 17.8 Å². The molecule has 0 bridgehead atoms. The average molecular weight is 419 g/mol. The number of nitrogens with zero attached hydrogens (tertiary/aromatic N) is 3. The quantitative estimate of drug-likeness (QED) is 0.755. The number of piperazine rings is 1. The fraction of sp³-hybridized carbons (Fsp3) is 0.913. The molecule has 0 aromatic heterocycles. The average Bonchev–Trinajstić information content (AvgIpc) is 3.49. The summed E-state index contributed by atoms with van der Waals surface area (Å²) in [6.07, 6.45) is 7.57. The number of carbonyl (C=O) groups is 2. The Kier molecular flexibility index (Phi) is 5.80. The molecule has 5 rings (SSSR count). The van der Waals surface area contributed by atoms with Gasteiger partial charge in [0.05, 0.1) is 12.1 Å². The van der Waals surface area contributed by atoms with Gasteiger partial charge < -0.3 is 14.5 Å². The zero-order valence-corrected chi connectivity index (χ0v) is 18.6. The van der Waals surface area contributed by atoms with Crippen LogP contribution in [0.4, 0.5) is 0 Å². The van der Waals surface area contributed by atoms with E-state index in [-0.39, 0.29) is 30.0 Å². The second kappa shape index (κ2) is 8.40. The third kappa shape index (κ3) is 3.89. The van der Waals surface area contributed by atoms with Crippen molar-refractivity contribution in [3.8, 4) is 0 Å². The maximum Gasteiger partial charge on any atom is 0.226 e. The SMILES string of the molecule is CC(=O)N1C2CCC(C3CNN(C4CCOCC4)C3)CC2N(C(=O)C2CC2)C[C@@H]1C. The Balaban J connectivity index is 1.28. The first kappa shape index (κ1) is 20.7. The molecule has 7 nitrogen and oxygen atoms in total. The van der Waals surface area contributed by atoms with Gasteiger partial charge in [0.1, 0.15) is 0 Å². The molecule has 5 fully saturated rings. The van der Waals surface area contributed by atoms with Crippen molar-refractivity contribution in [1.29, 1.82) is 0 Å². The summed E-state index contributed by atoms with van der Waals surface area (Å²) in [5.74, 6) is 2.04. The van der Waals surface area contributed by atoms with Crippen LogP contribution in [0.15, 0.2) is 0 Å². The summed E-state index contributed by atoms with van der Waals surface area (Å²) in [6.45, 7) is 8.42. The maximum atomic E-state index is 13.1. The first-order chi connectivity index (χ1) is 14.5. The molecule has 0 radical (unpaired) electrons. The van der Waals surface area contributed by atoms with Crippen molar-refractivity contribution in [1.82, 2.24) is 20.2 Å². The van der Waals surface area contributed by atoms with E-state index in [9.17, 15) is 9.59 Å². The van der Waals surface area contributed by atoms with Crippen molar-refractivity contribution in [3.63, 3.8) is 0 Å². The van der Waals surface area contributed by atoms with Crippen LogP contribution in [0.5, 0.6) is 0 Å². The Bertz CT molecular complexity index is 663. The zero-order valence-electron chi connectivity index (χ0n) is 18.6. The molecule has 7 heteroatoms. The summed E-state index contributed by atoms with van der Waals surface area (Å²) in [4.78, 5) is 29.8. The third-order valence-electron chi connectivity index (χ3n) is 8.37. The fourth-order valence-corrected chi connectivity index (χ4v) is 6.65. The molecule has 5 atom stereocenters. The van der Waals surface area contributed by atoms with Gasteiger partial charge in [0.15, 0.2) is 0 Å². The number of hydrogen-bond acceptors (Lipinski definition) is 5. The Morgan fingerprint density at radius 3 is 2.40 bits per heavy atom. The molecule has 5 aliphatic rings. The van der Waals surface area contributed by atoms with Gasteiger partial charge in [-0.15, -0.1) is 0 Å². The van der Waals surface area contributed by atoms with Crippen LogP contribution in [0.3, 0.4) is 0 Å². The smallest absolute Gasteiger partial charge is 0.226 e. The molecular formula is C23H38N4O3. The lowest BCUT2D eigenvalue weighted by Crippen LogP contribution is -2.67. The van der Waals surface area contributed by atoms with Crippen molar-refractivity contribution in [2.75, 3.05) is 32.8 Å². The molecule has 1 N–H and O–H groups in total. The van der Waals surface area contributed by atoms with Gasteiger partial charge in [-0.2, -0.15) is 0 Å². The van der Waals surface area contributed by atoms with E-state index >= 15 is 0 Å². The number of fused-ring (bicyclic) bond motifs is 1. The minimum atomic E-state index is 0.125. The lowest BCUT2D eigenvalue weighted by atomic mass is 9.73. The highest BCUT2D eigenvalue weighted by atomic mass is 16.5. The molecule has 0 aromatic carbocycles. The number of nitrogens with one attached hydrogen (secondary N) is 1. The second-order valence-corrected chi connectivity index (χ2v) is 10.4. The number of ether oxygens (including phenoxy) is 1. The summed E-state index contributed by atoms with van der Waals surface area (Å²) in [6, 6.07) is 1.12. The minimum Gasteiger partial charge on any atom is -0.381 e. The first-order valence-electron chi connectivity index (χ1n) is 12.2. The molecule has 30 heavy (non-hydrogen) atoms. The van der Waals surface area contributed by atoms with Crippen LogP contribution < -0.4 is 5.43 Å². The summed E-state index contributed by atoms with van der Waals surface area (Å²) in [5, 5.41) is 2.47. The Morgan fingerprint density at radius 1 is 0.933 bits per heavy atom. The molecule has 2 saturated carbocycles. The third-order valence-corrected chi connectivity index (χ3v) is 8.37. The Labute approximate surface area is 180 Å². The molecule has 168 valence electrons. The molecule has 2 aliphatic carbocycles. The normalized spacial score (nSPS) is 38.5. The van der Waals surface area contributed by atoms with E-state index < -0.39 is 0 Å². The lowest BCUT2D eigenvalue weighted by Gasteiger charge is -2.54. The van der Waals surface area contributed by atoms with Crippen LogP contribution in [0, 0.1) is 17.8 Å². The molecular weight excluding hydrogens is 380 g/mol. The van der Waals surface area contributed by atoms with E-state index in [0.29, 0.717) is 30.3 Å². The van der Waals surface area contributed by atoms with E-state index in [2.05, 4.69) is 27.2 Å². The van der Waals surface area contributed by atoms with Gasteiger partial charge >= 0.3 is 0 Å². The van der Waals surface area contributed by atoms with Crippen molar-refractivity contribution in [3.05, 3.63) is 0 Å². The summed E-state index contributed by atoms with van der Waals surface area (Å²) in [7, 11) is 0. The van der Waals surface area contributed by atoms with Gasteiger partial charge in [-0.1, -0.05) is 0 Å². The lowest BCUT2D eigenvalue weighted by molar-refractivity contribution is -0.155. The minimum absolute atomic E-state index is 0.125. The highest BCUT2D eigenvalue weighted by molar-refractivity contribution is 5.82. The predicted molar refractivity (Wildman–Crippen MR) is 113 cm³/mol. The predicted octanol–water partition coefficient (Wildman–Crippen LogP) is 1.63. The van der Waals surface area contributed by atoms with Gasteiger partial charge in [0.2, 0.25) is 11.8 Å². The van der Waals surface area contributed by atoms with Gasteiger partial charge in [0, 0.05) is 57.8 Å². The van der Waals surface area contributed by atoms with Crippen LogP contribution in [0.25, 0.3) is 0 Å². The van der Waals surface area contributed by atoms with Gasteiger partial charge in [-0.05, 0) is 63.7 Å². The number of hydrogen-bond donors (Lipinski definition) is 1. The number of amides is 2. The van der Waals surface area contributed by atoms with Crippen molar-refractivity contribution < 1.29 is 14.3 Å². The summed E-state index contributed by atoms with van der Waals surface area (Å²) in [5.41, 5.74) is 3.67. The van der Waals surface area contributed by atoms with E-state index in [0.717, 1.165) is 71.2 Å². The van der Waals surface area contributed by atoms with E-state index in [1.165, 1.54) is 0 Å². The molecule has 0 spiro atoms. The monoisotopic (exact) mass is 418 g/mol. The standard InChI is InChI=1S/C23H38N4O3/c1-15-13-25(23(29)17-3-4-17)22-11-18(5-6-21(22)27(15)16(2)28)19-12-24-26(14-19)20-7-9-30-10-8-20/h15,17-22,24H,3-14H2,1-2H3/t15-,18?,19?,21?,22?/m0/s1. The number of carbonyl (C=O) groups excluding carboxylic acids is 2. The van der Waals surface area contributed by atoms with Crippen LogP contribution in [-0.2, 0) is 14.3 Å². The summed E-state index contributed by atoms with van der Waals surface area (Å²) >= 11 is 0. The van der Waals surface area contributed by atoms with E-state index in [4.69, 9.17) is 4.74 Å². The highest BCUT2D eigenvalue weighted by Crippen LogP contribution is 2.42. The largest absolute Gasteiger partial charge is 0.381 e. The highest BCUT2D eigenvalue weighted by Gasteiger charge is 2.49. The topological polar surface area (TPSA) is 65.1 Å². The van der Waals surface area contributed by atoms with Gasteiger partial charge in [0.25, 0.3) is 0 Å². The maximum absolute atomic E-state index is 13.1. The van der Waals surface area contributed by atoms with Gasteiger partial charge in [-0.25, -0.2) is 5.01 Å². The first-order valence-corrected chi connectivity index (χ1v) is 12.2. The van der Waals surface area contributed by atoms with Gasteiger partial charge in [-0.3, -0.25) is 15.0 Å². The number of hydrazine groups is 1. The van der Waals surface area contributed by atoms with Crippen LogP contribution in [0.1, 0.15) is 58.8 Å². The van der Waals surface area contributed by atoms with Crippen molar-refractivity contribution in [2.45, 2.75) is 83.0 Å². The molecule has 3 saturated heterocycles. The summed E-state index contributed by atoms with van der Waals surface area (Å²) < 4.78 is 5.53. The Hall–Kier alpha value is -1.18. The Morgan fingerprint density at radius 2 is 1.70 bits per heavy atom. The molecule has 3 heterocycles. The van der Waals surface area contributed by atoms with Crippen molar-refractivity contribution >= 4 is 11.8 Å². The molecule has 3 aliphatic heterocycles. The van der Waals surface area contributed by atoms with Crippen LogP contribution >= 0.6 is 0 Å². The fourth-order valence-electron chi connectivity index (χ4n) is 6.65. The molecule has 0 aromatic rings. The zero-order chi connectivity index (χ0) is 20.8. The second-order valence-electron chi connectivity index (χ2n) is 10.4. The van der Waals surface area contributed by atoms with Crippen LogP contribution in [0.2, 0.25) is 0 Å². The van der Waals surface area contributed by atoms with E-state index in [1.54, 1.807) is 6.92 Å². The van der Waals surface area contributed by atoms with Crippen LogP contribution in [-0.4, -0.2) is 83.6 Å².